The van der Waals surface area contributed by atoms with Crippen molar-refractivity contribution in [3.63, 3.8) is 0 Å². The summed E-state index contributed by atoms with van der Waals surface area (Å²) in [5.41, 5.74) is 8.77. The number of esters is 1. The van der Waals surface area contributed by atoms with Crippen molar-refractivity contribution in [3.05, 3.63) is 107 Å². The Bertz CT molecular complexity index is 1490. The van der Waals surface area contributed by atoms with E-state index in [0.29, 0.717) is 28.9 Å². The second kappa shape index (κ2) is 13.0. The number of aromatic nitrogens is 2. The number of phenols is 1. The Morgan fingerprint density at radius 3 is 2.42 bits per heavy atom. The number of benzene rings is 3. The number of nitrogens with one attached hydrogen (secondary N) is 2. The Balaban J connectivity index is 1.52. The van der Waals surface area contributed by atoms with Gasteiger partial charge in [-0.05, 0) is 42.3 Å². The van der Waals surface area contributed by atoms with Crippen LogP contribution in [0.25, 0.3) is 11.3 Å². The minimum atomic E-state index is -1.03. The highest BCUT2D eigenvalue weighted by Crippen LogP contribution is 2.20. The van der Waals surface area contributed by atoms with Gasteiger partial charge in [0.1, 0.15) is 11.8 Å². The molecule has 204 valence electrons. The highest BCUT2D eigenvalue weighted by Gasteiger charge is 2.25. The largest absolute Gasteiger partial charge is 0.508 e. The lowest BCUT2D eigenvalue weighted by atomic mass is 10.1. The van der Waals surface area contributed by atoms with Gasteiger partial charge in [-0.2, -0.15) is 0 Å². The van der Waals surface area contributed by atoms with E-state index in [1.54, 1.807) is 43.3 Å². The number of aromatic hydroxyl groups is 1. The van der Waals surface area contributed by atoms with Crippen LogP contribution in [0.5, 0.6) is 5.75 Å². The molecule has 0 saturated carbocycles. The molecule has 10 nitrogen and oxygen atoms in total. The van der Waals surface area contributed by atoms with Crippen LogP contribution in [0.15, 0.2) is 85.1 Å². The minimum absolute atomic E-state index is 0.0816. The number of carbonyl (C=O) groups excluding carboxylic acids is 3. The SMILES string of the molecule is CCOC(=O)[C@H](Cc1ccc(O)cc1)NC(=O)c1nc(-c2cccc(C(=O)NCc3ccccc3)c2)cnc1N. The molecule has 3 aromatic carbocycles. The predicted octanol–water partition coefficient (Wildman–Crippen LogP) is 3.27. The molecule has 0 fully saturated rings. The molecule has 0 bridgehead atoms. The summed E-state index contributed by atoms with van der Waals surface area (Å²) in [6.07, 6.45) is 1.53. The number of nitrogens with two attached hydrogens (primary N) is 1. The van der Waals surface area contributed by atoms with Gasteiger partial charge in [-0.25, -0.2) is 14.8 Å². The number of rotatable bonds is 10. The van der Waals surface area contributed by atoms with E-state index in [-0.39, 0.29) is 36.2 Å². The first-order valence-electron chi connectivity index (χ1n) is 12.6. The van der Waals surface area contributed by atoms with Crippen molar-refractivity contribution in [1.29, 1.82) is 0 Å². The molecule has 0 saturated heterocycles. The summed E-state index contributed by atoms with van der Waals surface area (Å²) >= 11 is 0. The lowest BCUT2D eigenvalue weighted by molar-refractivity contribution is -0.145. The molecule has 4 rings (SSSR count). The van der Waals surface area contributed by atoms with Crippen molar-refractivity contribution in [1.82, 2.24) is 20.6 Å². The molecule has 40 heavy (non-hydrogen) atoms. The Kier molecular flexibility index (Phi) is 9.03. The summed E-state index contributed by atoms with van der Waals surface area (Å²) in [6, 6.07) is 21.6. The van der Waals surface area contributed by atoms with Crippen LogP contribution in [0.4, 0.5) is 5.82 Å². The highest BCUT2D eigenvalue weighted by molar-refractivity contribution is 5.99. The standard InChI is InChI=1S/C30H29N5O5/c1-2-40-30(39)24(15-19-11-13-23(36)14-12-19)35-29(38)26-27(31)32-18-25(34-26)21-9-6-10-22(16-21)28(37)33-17-20-7-4-3-5-8-20/h3-14,16,18,24,36H,2,15,17H2,1H3,(H2,31,32)(H,33,37)(H,35,38)/t24-/m0/s1. The number of hydrogen-bond donors (Lipinski definition) is 4. The van der Waals surface area contributed by atoms with Crippen LogP contribution in [-0.2, 0) is 22.5 Å². The van der Waals surface area contributed by atoms with E-state index in [9.17, 15) is 19.5 Å². The Hall–Kier alpha value is -5.25. The normalized spacial score (nSPS) is 11.3. The Morgan fingerprint density at radius 1 is 0.950 bits per heavy atom. The maximum Gasteiger partial charge on any atom is 0.328 e. The quantitative estimate of drug-likeness (QED) is 0.224. The first-order valence-corrected chi connectivity index (χ1v) is 12.6. The summed E-state index contributed by atoms with van der Waals surface area (Å²) in [7, 11) is 0. The van der Waals surface area contributed by atoms with Gasteiger partial charge in [0.25, 0.3) is 11.8 Å². The van der Waals surface area contributed by atoms with Crippen LogP contribution in [0, 0.1) is 0 Å². The van der Waals surface area contributed by atoms with Crippen LogP contribution in [0.3, 0.4) is 0 Å². The van der Waals surface area contributed by atoms with E-state index in [0.717, 1.165) is 5.56 Å². The fourth-order valence-electron chi connectivity index (χ4n) is 3.94. The zero-order valence-electron chi connectivity index (χ0n) is 21.8. The summed E-state index contributed by atoms with van der Waals surface area (Å²) in [5.74, 6) is -1.64. The number of hydrogen-bond acceptors (Lipinski definition) is 8. The lowest BCUT2D eigenvalue weighted by Crippen LogP contribution is -2.44. The van der Waals surface area contributed by atoms with E-state index < -0.39 is 17.9 Å². The molecule has 1 atom stereocenters. The number of anilines is 1. The molecule has 10 heteroatoms. The second-order valence-corrected chi connectivity index (χ2v) is 8.89. The van der Waals surface area contributed by atoms with Crippen molar-refractivity contribution in [2.24, 2.45) is 0 Å². The van der Waals surface area contributed by atoms with Crippen LogP contribution < -0.4 is 16.4 Å². The molecule has 1 aromatic heterocycles. The van der Waals surface area contributed by atoms with E-state index in [1.807, 2.05) is 30.3 Å². The Labute approximate surface area is 231 Å². The molecule has 2 amide bonds. The maximum atomic E-state index is 13.2. The molecule has 0 spiro atoms. The molecule has 5 N–H and O–H groups in total. The first-order chi connectivity index (χ1) is 19.3. The van der Waals surface area contributed by atoms with Gasteiger partial charge in [0.05, 0.1) is 18.5 Å². The van der Waals surface area contributed by atoms with E-state index in [2.05, 4.69) is 20.6 Å². The average Bonchev–Trinajstić information content (AvgIpc) is 2.97. The Morgan fingerprint density at radius 2 is 1.70 bits per heavy atom. The average molecular weight is 540 g/mol. The van der Waals surface area contributed by atoms with Crippen molar-refractivity contribution in [2.75, 3.05) is 12.3 Å². The maximum absolute atomic E-state index is 13.2. The second-order valence-electron chi connectivity index (χ2n) is 8.89. The zero-order valence-corrected chi connectivity index (χ0v) is 21.8. The van der Waals surface area contributed by atoms with Gasteiger partial charge in [-0.1, -0.05) is 54.6 Å². The van der Waals surface area contributed by atoms with E-state index in [4.69, 9.17) is 10.5 Å². The topological polar surface area (TPSA) is 157 Å². The fourth-order valence-corrected chi connectivity index (χ4v) is 3.94. The summed E-state index contributed by atoms with van der Waals surface area (Å²) in [5, 5.41) is 15.1. The van der Waals surface area contributed by atoms with Gasteiger partial charge in [0.15, 0.2) is 11.5 Å². The summed E-state index contributed by atoms with van der Waals surface area (Å²) in [4.78, 5) is 47.1. The first kappa shape index (κ1) is 27.8. The molecule has 0 aliphatic rings. The number of ether oxygens (including phenoxy) is 1. The monoisotopic (exact) mass is 539 g/mol. The van der Waals surface area contributed by atoms with E-state index in [1.165, 1.54) is 18.3 Å². The van der Waals surface area contributed by atoms with Crippen LogP contribution in [0.1, 0.15) is 38.9 Å². The van der Waals surface area contributed by atoms with Crippen molar-refractivity contribution in [3.8, 4) is 17.0 Å². The van der Waals surface area contributed by atoms with E-state index >= 15 is 0 Å². The predicted molar refractivity (Wildman–Crippen MR) is 149 cm³/mol. The number of carbonyl (C=O) groups is 3. The van der Waals surface area contributed by atoms with Crippen LogP contribution >= 0.6 is 0 Å². The number of phenolic OH excluding ortho intramolecular Hbond substituents is 1. The smallest absolute Gasteiger partial charge is 0.328 e. The fraction of sp³-hybridized carbons (Fsp3) is 0.167. The molecule has 0 unspecified atom stereocenters. The molecule has 1 heterocycles. The van der Waals surface area contributed by atoms with Gasteiger partial charge in [0, 0.05) is 24.1 Å². The minimum Gasteiger partial charge on any atom is -0.508 e. The summed E-state index contributed by atoms with van der Waals surface area (Å²) in [6.45, 7) is 2.18. The third-order valence-corrected chi connectivity index (χ3v) is 5.98. The van der Waals surface area contributed by atoms with Gasteiger partial charge in [0.2, 0.25) is 0 Å². The zero-order chi connectivity index (χ0) is 28.5. The molecule has 4 aromatic rings. The van der Waals surface area contributed by atoms with Crippen molar-refractivity contribution in [2.45, 2.75) is 25.9 Å². The number of amides is 2. The van der Waals surface area contributed by atoms with Gasteiger partial charge < -0.3 is 26.2 Å². The van der Waals surface area contributed by atoms with Gasteiger partial charge in [-0.3, -0.25) is 9.59 Å². The molecular formula is C30H29N5O5. The van der Waals surface area contributed by atoms with Crippen molar-refractivity contribution < 1.29 is 24.2 Å². The third kappa shape index (κ3) is 7.19. The molecule has 0 aliphatic heterocycles. The summed E-state index contributed by atoms with van der Waals surface area (Å²) < 4.78 is 5.14. The van der Waals surface area contributed by atoms with Gasteiger partial charge >= 0.3 is 5.97 Å². The number of nitrogens with zero attached hydrogens (tertiary/aromatic N) is 2. The number of nitrogen functional groups attached to an aromatic ring is 1. The van der Waals surface area contributed by atoms with Crippen molar-refractivity contribution >= 4 is 23.6 Å². The highest BCUT2D eigenvalue weighted by atomic mass is 16.5. The molecular weight excluding hydrogens is 510 g/mol. The molecule has 0 aliphatic carbocycles. The third-order valence-electron chi connectivity index (χ3n) is 5.98. The van der Waals surface area contributed by atoms with Gasteiger partial charge in [-0.15, -0.1) is 0 Å². The molecule has 0 radical (unpaired) electrons. The van der Waals surface area contributed by atoms with Crippen LogP contribution in [-0.4, -0.2) is 45.5 Å². The lowest BCUT2D eigenvalue weighted by Gasteiger charge is -2.18. The van der Waals surface area contributed by atoms with Crippen LogP contribution in [0.2, 0.25) is 0 Å².